The average molecular weight is 206 g/mol. The van der Waals surface area contributed by atoms with Crippen LogP contribution in [0.5, 0.6) is 5.75 Å². The van der Waals surface area contributed by atoms with E-state index < -0.39 is 0 Å². The van der Waals surface area contributed by atoms with Crippen molar-refractivity contribution in [1.29, 1.82) is 0 Å². The molecule has 0 aliphatic heterocycles. The number of carbonyl (C=O) groups excluding carboxylic acids is 1. The molecule has 1 aromatic carbocycles. The minimum atomic E-state index is 0.0758. The Balaban J connectivity index is 2.57. The molecule has 0 aliphatic carbocycles. The van der Waals surface area contributed by atoms with Crippen LogP contribution in [0, 0.1) is 0 Å². The first-order valence-corrected chi connectivity index (χ1v) is 5.19. The van der Waals surface area contributed by atoms with Crippen molar-refractivity contribution in [2.45, 2.75) is 13.3 Å². The Labute approximate surface area is 85.8 Å². The maximum absolute atomic E-state index is 10.9. The fourth-order valence-electron chi connectivity index (χ4n) is 1.43. The predicted molar refractivity (Wildman–Crippen MR) is 57.9 cm³/mol. The summed E-state index contributed by atoms with van der Waals surface area (Å²) in [6, 6.07) is 7.62. The normalized spacial score (nSPS) is 10.6. The van der Waals surface area contributed by atoms with Gasteiger partial charge in [-0.15, -0.1) is 11.3 Å². The fourth-order valence-corrected chi connectivity index (χ4v) is 2.60. The second-order valence-corrected chi connectivity index (χ2v) is 4.39. The van der Waals surface area contributed by atoms with Crippen molar-refractivity contribution >= 4 is 27.2 Å². The summed E-state index contributed by atoms with van der Waals surface area (Å²) in [5.74, 6) is 0.340. The molecule has 72 valence electrons. The number of hydrogen-bond donors (Lipinski definition) is 1. The van der Waals surface area contributed by atoms with Crippen molar-refractivity contribution in [2.75, 3.05) is 0 Å². The molecule has 3 heteroatoms. The topological polar surface area (TPSA) is 37.3 Å². The monoisotopic (exact) mass is 206 g/mol. The number of benzene rings is 1. The lowest BCUT2D eigenvalue weighted by molar-refractivity contribution is -0.116. The fraction of sp³-hybridized carbons (Fsp3) is 0.182. The van der Waals surface area contributed by atoms with Crippen LogP contribution in [0.1, 0.15) is 11.8 Å². The van der Waals surface area contributed by atoms with Gasteiger partial charge in [0.25, 0.3) is 0 Å². The van der Waals surface area contributed by atoms with Crippen LogP contribution in [-0.4, -0.2) is 10.9 Å². The van der Waals surface area contributed by atoms with Gasteiger partial charge in [-0.1, -0.05) is 12.1 Å². The number of rotatable bonds is 2. The van der Waals surface area contributed by atoms with E-state index in [9.17, 15) is 9.90 Å². The van der Waals surface area contributed by atoms with Crippen LogP contribution < -0.4 is 0 Å². The predicted octanol–water partition coefficient (Wildman–Crippen LogP) is 2.74. The van der Waals surface area contributed by atoms with E-state index in [-0.39, 0.29) is 11.5 Å². The number of fused-ring (bicyclic) bond motifs is 1. The van der Waals surface area contributed by atoms with Crippen LogP contribution in [0.3, 0.4) is 0 Å². The van der Waals surface area contributed by atoms with Crippen molar-refractivity contribution < 1.29 is 9.90 Å². The van der Waals surface area contributed by atoms with E-state index in [4.69, 9.17) is 0 Å². The van der Waals surface area contributed by atoms with Crippen LogP contribution in [0.25, 0.3) is 10.1 Å². The van der Waals surface area contributed by atoms with Gasteiger partial charge in [-0.05, 0) is 19.1 Å². The molecule has 0 saturated carbocycles. The van der Waals surface area contributed by atoms with E-state index in [1.54, 1.807) is 0 Å². The highest BCUT2D eigenvalue weighted by molar-refractivity contribution is 7.19. The molecule has 0 aliphatic rings. The summed E-state index contributed by atoms with van der Waals surface area (Å²) in [7, 11) is 0. The van der Waals surface area contributed by atoms with Gasteiger partial charge < -0.3 is 5.11 Å². The summed E-state index contributed by atoms with van der Waals surface area (Å²) in [6.07, 6.45) is 0.325. The van der Waals surface area contributed by atoms with Crippen molar-refractivity contribution in [3.63, 3.8) is 0 Å². The average Bonchev–Trinajstić information content (AvgIpc) is 2.44. The lowest BCUT2D eigenvalue weighted by Gasteiger charge is -1.92. The largest absolute Gasteiger partial charge is 0.506 e. The summed E-state index contributed by atoms with van der Waals surface area (Å²) in [5.41, 5.74) is 0. The number of carbonyl (C=O) groups is 1. The molecule has 2 nitrogen and oxygen atoms in total. The zero-order valence-corrected chi connectivity index (χ0v) is 8.60. The Hall–Kier alpha value is -1.35. The SMILES string of the molecule is CC(=O)Cc1sc2ccccc2c1O. The van der Waals surface area contributed by atoms with Crippen LogP contribution in [0.15, 0.2) is 24.3 Å². The molecule has 0 amide bonds. The molecular weight excluding hydrogens is 196 g/mol. The van der Waals surface area contributed by atoms with Gasteiger partial charge >= 0.3 is 0 Å². The van der Waals surface area contributed by atoms with Gasteiger partial charge in [0.2, 0.25) is 0 Å². The molecular formula is C11H10O2S. The van der Waals surface area contributed by atoms with Crippen LogP contribution >= 0.6 is 11.3 Å². The first-order valence-electron chi connectivity index (χ1n) is 4.37. The molecule has 2 rings (SSSR count). The molecule has 0 radical (unpaired) electrons. The Morgan fingerprint density at radius 2 is 2.14 bits per heavy atom. The summed E-state index contributed by atoms with van der Waals surface area (Å²) in [6.45, 7) is 1.53. The maximum Gasteiger partial charge on any atom is 0.137 e. The lowest BCUT2D eigenvalue weighted by atomic mass is 10.2. The summed E-state index contributed by atoms with van der Waals surface area (Å²) in [4.78, 5) is 11.7. The van der Waals surface area contributed by atoms with Gasteiger partial charge in [0.15, 0.2) is 0 Å². The van der Waals surface area contributed by atoms with E-state index in [1.807, 2.05) is 24.3 Å². The van der Waals surface area contributed by atoms with Crippen molar-refractivity contribution in [3.05, 3.63) is 29.1 Å². The van der Waals surface area contributed by atoms with Gasteiger partial charge in [-0.3, -0.25) is 4.79 Å². The molecule has 0 spiro atoms. The van der Waals surface area contributed by atoms with E-state index >= 15 is 0 Å². The lowest BCUT2D eigenvalue weighted by Crippen LogP contribution is -1.92. The van der Waals surface area contributed by atoms with Gasteiger partial charge in [-0.25, -0.2) is 0 Å². The highest BCUT2D eigenvalue weighted by atomic mass is 32.1. The molecule has 0 fully saturated rings. The van der Waals surface area contributed by atoms with Gasteiger partial charge in [0.1, 0.15) is 11.5 Å². The van der Waals surface area contributed by atoms with E-state index in [2.05, 4.69) is 0 Å². The minimum Gasteiger partial charge on any atom is -0.506 e. The molecule has 1 heterocycles. The highest BCUT2D eigenvalue weighted by Gasteiger charge is 2.11. The Kier molecular flexibility index (Phi) is 2.25. The van der Waals surface area contributed by atoms with Gasteiger partial charge in [-0.2, -0.15) is 0 Å². The smallest absolute Gasteiger partial charge is 0.137 e. The number of hydrogen-bond acceptors (Lipinski definition) is 3. The van der Waals surface area contributed by atoms with Gasteiger partial charge in [0, 0.05) is 16.5 Å². The van der Waals surface area contributed by atoms with Crippen LogP contribution in [0.4, 0.5) is 0 Å². The van der Waals surface area contributed by atoms with E-state index in [1.165, 1.54) is 18.3 Å². The first-order chi connectivity index (χ1) is 6.68. The Morgan fingerprint density at radius 3 is 2.79 bits per heavy atom. The number of Topliss-reactive ketones (excluding diaryl/α,β-unsaturated/α-hetero) is 1. The zero-order valence-electron chi connectivity index (χ0n) is 7.78. The molecule has 0 bridgehead atoms. The van der Waals surface area contributed by atoms with Crippen molar-refractivity contribution in [1.82, 2.24) is 0 Å². The third kappa shape index (κ3) is 1.51. The number of ketones is 1. The molecule has 2 aromatic rings. The maximum atomic E-state index is 10.9. The van der Waals surface area contributed by atoms with Gasteiger partial charge in [0.05, 0.1) is 4.88 Å². The second-order valence-electron chi connectivity index (χ2n) is 3.25. The molecule has 1 aromatic heterocycles. The zero-order chi connectivity index (χ0) is 10.1. The minimum absolute atomic E-state index is 0.0758. The number of aromatic hydroxyl groups is 1. The summed E-state index contributed by atoms with van der Waals surface area (Å²) < 4.78 is 1.03. The quantitative estimate of drug-likeness (QED) is 0.820. The first kappa shape index (κ1) is 9.21. The molecule has 0 atom stereocenters. The third-order valence-electron chi connectivity index (χ3n) is 2.05. The van der Waals surface area contributed by atoms with E-state index in [0.29, 0.717) is 6.42 Å². The Morgan fingerprint density at radius 1 is 1.43 bits per heavy atom. The van der Waals surface area contributed by atoms with Crippen molar-refractivity contribution in [2.24, 2.45) is 0 Å². The summed E-state index contributed by atoms with van der Waals surface area (Å²) >= 11 is 1.48. The van der Waals surface area contributed by atoms with Crippen LogP contribution in [0.2, 0.25) is 0 Å². The molecule has 0 saturated heterocycles. The molecule has 14 heavy (non-hydrogen) atoms. The Bertz CT molecular complexity index is 485. The molecule has 0 unspecified atom stereocenters. The van der Waals surface area contributed by atoms with Crippen molar-refractivity contribution in [3.8, 4) is 5.75 Å². The third-order valence-corrected chi connectivity index (χ3v) is 3.21. The second kappa shape index (κ2) is 3.42. The molecule has 1 N–H and O–H groups in total. The summed E-state index contributed by atoms with van der Waals surface area (Å²) in [5, 5.41) is 10.6. The van der Waals surface area contributed by atoms with Crippen LogP contribution in [-0.2, 0) is 11.2 Å². The number of thiophene rings is 1. The standard InChI is InChI=1S/C11H10O2S/c1-7(12)6-10-11(13)8-4-2-3-5-9(8)14-10/h2-5,13H,6H2,1H3. The highest BCUT2D eigenvalue weighted by Crippen LogP contribution is 2.36. The van der Waals surface area contributed by atoms with E-state index in [0.717, 1.165) is 15.0 Å².